The number of hydrogen-bond acceptors (Lipinski definition) is 5. The van der Waals surface area contributed by atoms with Gasteiger partial charge in [0.1, 0.15) is 0 Å². The SMILES string of the molecule is CCOC(=O)c1nn(C)cc1CCON. The minimum Gasteiger partial charge on any atom is -0.461 e. The zero-order chi connectivity index (χ0) is 11.3. The Morgan fingerprint density at radius 2 is 2.40 bits per heavy atom. The summed E-state index contributed by atoms with van der Waals surface area (Å²) in [6.45, 7) is 2.43. The molecule has 0 saturated carbocycles. The molecule has 0 bridgehead atoms. The highest BCUT2D eigenvalue weighted by molar-refractivity contribution is 5.88. The Hall–Kier alpha value is -1.40. The van der Waals surface area contributed by atoms with Crippen LogP contribution in [-0.4, -0.2) is 29.0 Å². The molecule has 0 atom stereocenters. The molecular formula is C9H15N3O3. The lowest BCUT2D eigenvalue weighted by Crippen LogP contribution is -2.10. The van der Waals surface area contributed by atoms with Crippen LogP contribution < -0.4 is 5.90 Å². The lowest BCUT2D eigenvalue weighted by molar-refractivity contribution is 0.0516. The van der Waals surface area contributed by atoms with E-state index in [9.17, 15) is 4.79 Å². The van der Waals surface area contributed by atoms with Gasteiger partial charge in [-0.2, -0.15) is 5.10 Å². The molecule has 0 spiro atoms. The molecule has 0 aliphatic rings. The van der Waals surface area contributed by atoms with Crippen LogP contribution in [0.25, 0.3) is 0 Å². The largest absolute Gasteiger partial charge is 0.461 e. The molecule has 0 aromatic carbocycles. The second kappa shape index (κ2) is 5.47. The summed E-state index contributed by atoms with van der Waals surface area (Å²) in [7, 11) is 1.75. The summed E-state index contributed by atoms with van der Waals surface area (Å²) in [6.07, 6.45) is 2.30. The smallest absolute Gasteiger partial charge is 0.359 e. The molecule has 1 aromatic rings. The number of esters is 1. The number of nitrogens with zero attached hydrogens (tertiary/aromatic N) is 2. The van der Waals surface area contributed by atoms with Crippen molar-refractivity contribution in [3.05, 3.63) is 17.5 Å². The molecular weight excluding hydrogens is 198 g/mol. The Labute approximate surface area is 87.9 Å². The summed E-state index contributed by atoms with van der Waals surface area (Å²) in [5, 5.41) is 4.03. The summed E-state index contributed by atoms with van der Waals surface area (Å²) < 4.78 is 6.44. The van der Waals surface area contributed by atoms with E-state index in [0.29, 0.717) is 25.3 Å². The van der Waals surface area contributed by atoms with Crippen molar-refractivity contribution in [1.82, 2.24) is 9.78 Å². The minimum atomic E-state index is -0.412. The van der Waals surface area contributed by atoms with Crippen molar-refractivity contribution in [1.29, 1.82) is 0 Å². The second-order valence-electron chi connectivity index (χ2n) is 3.02. The van der Waals surface area contributed by atoms with E-state index >= 15 is 0 Å². The van der Waals surface area contributed by atoms with Crippen LogP contribution in [0.15, 0.2) is 6.20 Å². The Morgan fingerprint density at radius 3 is 3.00 bits per heavy atom. The third-order valence-electron chi connectivity index (χ3n) is 1.86. The van der Waals surface area contributed by atoms with E-state index < -0.39 is 5.97 Å². The van der Waals surface area contributed by atoms with Crippen LogP contribution in [0.2, 0.25) is 0 Å². The molecule has 0 aliphatic carbocycles. The quantitative estimate of drug-likeness (QED) is 0.551. The summed E-state index contributed by atoms with van der Waals surface area (Å²) in [5.74, 6) is 4.51. The van der Waals surface area contributed by atoms with Crippen LogP contribution >= 0.6 is 0 Å². The van der Waals surface area contributed by atoms with Crippen LogP contribution in [0.5, 0.6) is 0 Å². The first-order valence-corrected chi connectivity index (χ1v) is 4.70. The van der Waals surface area contributed by atoms with E-state index in [-0.39, 0.29) is 0 Å². The van der Waals surface area contributed by atoms with Crippen LogP contribution in [0, 0.1) is 0 Å². The van der Waals surface area contributed by atoms with Crippen molar-refractivity contribution >= 4 is 5.97 Å². The van der Waals surface area contributed by atoms with Gasteiger partial charge in [0.2, 0.25) is 0 Å². The van der Waals surface area contributed by atoms with Crippen molar-refractivity contribution < 1.29 is 14.4 Å². The van der Waals surface area contributed by atoms with Crippen molar-refractivity contribution in [2.75, 3.05) is 13.2 Å². The molecule has 1 rings (SSSR count). The van der Waals surface area contributed by atoms with E-state index in [1.54, 1.807) is 24.9 Å². The maximum absolute atomic E-state index is 11.5. The number of aromatic nitrogens is 2. The van der Waals surface area contributed by atoms with E-state index in [1.165, 1.54) is 0 Å². The highest BCUT2D eigenvalue weighted by atomic mass is 16.6. The monoisotopic (exact) mass is 213 g/mol. The van der Waals surface area contributed by atoms with Gasteiger partial charge in [0.15, 0.2) is 5.69 Å². The van der Waals surface area contributed by atoms with Gasteiger partial charge in [-0.1, -0.05) is 0 Å². The maximum atomic E-state index is 11.5. The van der Waals surface area contributed by atoms with E-state index in [4.69, 9.17) is 10.6 Å². The zero-order valence-corrected chi connectivity index (χ0v) is 8.90. The molecule has 15 heavy (non-hydrogen) atoms. The predicted octanol–water partition coefficient (Wildman–Crippen LogP) is 0.0296. The van der Waals surface area contributed by atoms with Gasteiger partial charge in [-0.05, 0) is 6.92 Å². The van der Waals surface area contributed by atoms with Crippen molar-refractivity contribution in [2.45, 2.75) is 13.3 Å². The highest BCUT2D eigenvalue weighted by Gasteiger charge is 2.16. The first kappa shape index (κ1) is 11.7. The van der Waals surface area contributed by atoms with Crippen molar-refractivity contribution in [3.63, 3.8) is 0 Å². The molecule has 0 amide bonds. The summed E-state index contributed by atoms with van der Waals surface area (Å²) in [4.78, 5) is 15.9. The van der Waals surface area contributed by atoms with Gasteiger partial charge < -0.3 is 9.57 Å². The number of hydrogen-bond donors (Lipinski definition) is 1. The lowest BCUT2D eigenvalue weighted by Gasteiger charge is -2.00. The van der Waals surface area contributed by atoms with Gasteiger partial charge >= 0.3 is 5.97 Å². The molecule has 0 unspecified atom stereocenters. The van der Waals surface area contributed by atoms with Crippen LogP contribution in [0.4, 0.5) is 0 Å². The summed E-state index contributed by atoms with van der Waals surface area (Å²) >= 11 is 0. The average Bonchev–Trinajstić information content (AvgIpc) is 2.57. The Bertz CT molecular complexity index is 335. The van der Waals surface area contributed by atoms with E-state index in [1.807, 2.05) is 0 Å². The molecule has 0 aliphatic heterocycles. The molecule has 2 N–H and O–H groups in total. The topological polar surface area (TPSA) is 79.4 Å². The van der Waals surface area contributed by atoms with Crippen LogP contribution in [0.1, 0.15) is 23.0 Å². The third kappa shape index (κ3) is 3.03. The van der Waals surface area contributed by atoms with Gasteiger partial charge in [0.25, 0.3) is 0 Å². The molecule has 0 fully saturated rings. The van der Waals surface area contributed by atoms with Gasteiger partial charge in [-0.3, -0.25) is 4.68 Å². The summed E-state index contributed by atoms with van der Waals surface area (Å²) in [5.41, 5.74) is 1.11. The number of aryl methyl sites for hydroxylation is 1. The molecule has 1 aromatic heterocycles. The molecule has 6 nitrogen and oxygen atoms in total. The fourth-order valence-corrected chi connectivity index (χ4v) is 1.26. The normalized spacial score (nSPS) is 10.3. The average molecular weight is 213 g/mol. The zero-order valence-electron chi connectivity index (χ0n) is 8.90. The molecule has 1 heterocycles. The Balaban J connectivity index is 2.80. The van der Waals surface area contributed by atoms with Crippen LogP contribution in [-0.2, 0) is 23.0 Å². The first-order valence-electron chi connectivity index (χ1n) is 4.70. The standard InChI is InChI=1S/C9H15N3O3/c1-3-14-9(13)8-7(4-5-15-10)6-12(2)11-8/h6H,3-5,10H2,1-2H3. The van der Waals surface area contributed by atoms with Gasteiger partial charge in [0, 0.05) is 25.2 Å². The van der Waals surface area contributed by atoms with Gasteiger partial charge in [0.05, 0.1) is 13.2 Å². The number of carbonyl (C=O) groups excluding carboxylic acids is 1. The predicted molar refractivity (Wildman–Crippen MR) is 53.0 cm³/mol. The van der Waals surface area contributed by atoms with Gasteiger partial charge in [-0.15, -0.1) is 0 Å². The number of carbonyl (C=O) groups is 1. The maximum Gasteiger partial charge on any atom is 0.359 e. The highest BCUT2D eigenvalue weighted by Crippen LogP contribution is 2.08. The Morgan fingerprint density at radius 1 is 1.67 bits per heavy atom. The van der Waals surface area contributed by atoms with E-state index in [2.05, 4.69) is 9.94 Å². The van der Waals surface area contributed by atoms with Crippen LogP contribution in [0.3, 0.4) is 0 Å². The lowest BCUT2D eigenvalue weighted by atomic mass is 10.2. The van der Waals surface area contributed by atoms with Crippen molar-refractivity contribution in [3.8, 4) is 0 Å². The molecule has 0 saturated heterocycles. The van der Waals surface area contributed by atoms with E-state index in [0.717, 1.165) is 5.56 Å². The third-order valence-corrected chi connectivity index (χ3v) is 1.86. The second-order valence-corrected chi connectivity index (χ2v) is 3.02. The first-order chi connectivity index (χ1) is 7.19. The molecule has 0 radical (unpaired) electrons. The fraction of sp³-hybridized carbons (Fsp3) is 0.556. The molecule has 6 heteroatoms. The number of rotatable bonds is 5. The number of nitrogens with two attached hydrogens (primary N) is 1. The fourth-order valence-electron chi connectivity index (χ4n) is 1.26. The summed E-state index contributed by atoms with van der Waals surface area (Å²) in [6, 6.07) is 0. The minimum absolute atomic E-state index is 0.330. The number of ether oxygens (including phenoxy) is 1. The van der Waals surface area contributed by atoms with Crippen molar-refractivity contribution in [2.24, 2.45) is 12.9 Å². The molecule has 84 valence electrons. The van der Waals surface area contributed by atoms with Gasteiger partial charge in [-0.25, -0.2) is 10.7 Å². The Kier molecular flexibility index (Phi) is 4.26.